The molecule has 1 atom stereocenters. The molecule has 1 aliphatic rings. The van der Waals surface area contributed by atoms with Crippen molar-refractivity contribution in [1.29, 1.82) is 0 Å². The van der Waals surface area contributed by atoms with Crippen LogP contribution in [-0.2, 0) is 0 Å². The van der Waals surface area contributed by atoms with Crippen LogP contribution in [0.2, 0.25) is 0 Å². The van der Waals surface area contributed by atoms with Crippen LogP contribution in [0.15, 0.2) is 12.1 Å². The molecule has 0 radical (unpaired) electrons. The van der Waals surface area contributed by atoms with Crippen LogP contribution in [0.4, 0.5) is 13.2 Å². The summed E-state index contributed by atoms with van der Waals surface area (Å²) in [5.41, 5.74) is 5.99. The number of hydrogen-bond donors (Lipinski definition) is 1. The fraction of sp³-hybridized carbons (Fsp3) is 0.538. The van der Waals surface area contributed by atoms with Gasteiger partial charge in [0.1, 0.15) is 0 Å². The Balaban J connectivity index is 2.08. The summed E-state index contributed by atoms with van der Waals surface area (Å²) in [6.07, 6.45) is 2.75. The van der Waals surface area contributed by atoms with E-state index in [4.69, 9.17) is 5.73 Å². The van der Waals surface area contributed by atoms with E-state index in [1.54, 1.807) is 0 Å². The minimum absolute atomic E-state index is 0.0760. The molecule has 100 valence electrons. The van der Waals surface area contributed by atoms with Crippen LogP contribution < -0.4 is 5.73 Å². The summed E-state index contributed by atoms with van der Waals surface area (Å²) in [5.74, 6) is -1.10. The standard InChI is InChI=1S/C13H16F3NS/c14-10-2-1-9(12(15)13(10)16)11(17)7-8-3-5-18-6-4-8/h1-2,8,11H,3-7,17H2. The molecular formula is C13H16F3NS. The maximum Gasteiger partial charge on any atom is 0.194 e. The van der Waals surface area contributed by atoms with Crippen molar-refractivity contribution in [2.45, 2.75) is 25.3 Å². The fourth-order valence-corrected chi connectivity index (χ4v) is 3.50. The van der Waals surface area contributed by atoms with Crippen molar-refractivity contribution in [2.24, 2.45) is 11.7 Å². The average Bonchev–Trinajstić information content (AvgIpc) is 2.37. The van der Waals surface area contributed by atoms with Crippen LogP contribution in [-0.4, -0.2) is 11.5 Å². The molecule has 2 rings (SSSR count). The molecule has 18 heavy (non-hydrogen) atoms. The smallest absolute Gasteiger partial charge is 0.194 e. The highest BCUT2D eigenvalue weighted by molar-refractivity contribution is 7.99. The van der Waals surface area contributed by atoms with Gasteiger partial charge >= 0.3 is 0 Å². The van der Waals surface area contributed by atoms with E-state index in [2.05, 4.69) is 0 Å². The highest BCUT2D eigenvalue weighted by Crippen LogP contribution is 2.31. The Hall–Kier alpha value is -0.680. The van der Waals surface area contributed by atoms with Gasteiger partial charge in [0, 0.05) is 11.6 Å². The minimum Gasteiger partial charge on any atom is -0.324 e. The Morgan fingerprint density at radius 3 is 2.50 bits per heavy atom. The Labute approximate surface area is 109 Å². The lowest BCUT2D eigenvalue weighted by Crippen LogP contribution is -2.20. The Morgan fingerprint density at radius 2 is 1.83 bits per heavy atom. The largest absolute Gasteiger partial charge is 0.324 e. The van der Waals surface area contributed by atoms with Crippen molar-refractivity contribution in [2.75, 3.05) is 11.5 Å². The molecule has 1 saturated heterocycles. The van der Waals surface area contributed by atoms with E-state index in [-0.39, 0.29) is 5.56 Å². The summed E-state index contributed by atoms with van der Waals surface area (Å²) in [6.45, 7) is 0. The fourth-order valence-electron chi connectivity index (χ4n) is 2.30. The predicted molar refractivity (Wildman–Crippen MR) is 67.9 cm³/mol. The van der Waals surface area contributed by atoms with Gasteiger partial charge in [-0.25, -0.2) is 13.2 Å². The van der Waals surface area contributed by atoms with E-state index in [1.807, 2.05) is 11.8 Å². The molecule has 0 aliphatic carbocycles. The molecule has 1 nitrogen and oxygen atoms in total. The average molecular weight is 275 g/mol. The van der Waals surface area contributed by atoms with Crippen molar-refractivity contribution < 1.29 is 13.2 Å². The molecule has 5 heteroatoms. The molecule has 1 unspecified atom stereocenters. The summed E-state index contributed by atoms with van der Waals surface area (Å²) < 4.78 is 39.5. The van der Waals surface area contributed by atoms with Crippen LogP contribution in [0, 0.1) is 23.4 Å². The summed E-state index contributed by atoms with van der Waals surface area (Å²) in [7, 11) is 0. The lowest BCUT2D eigenvalue weighted by Gasteiger charge is -2.24. The quantitative estimate of drug-likeness (QED) is 0.852. The van der Waals surface area contributed by atoms with Gasteiger partial charge in [0.2, 0.25) is 0 Å². The molecule has 0 aromatic heterocycles. The minimum atomic E-state index is -1.43. The number of halogens is 3. The zero-order valence-corrected chi connectivity index (χ0v) is 10.8. The second-order valence-corrected chi connectivity index (χ2v) is 5.89. The molecule has 1 aliphatic heterocycles. The van der Waals surface area contributed by atoms with Gasteiger partial charge < -0.3 is 5.73 Å². The molecular weight excluding hydrogens is 259 g/mol. The maximum absolute atomic E-state index is 13.6. The van der Waals surface area contributed by atoms with Crippen LogP contribution in [0.1, 0.15) is 30.9 Å². The van der Waals surface area contributed by atoms with E-state index in [9.17, 15) is 13.2 Å². The van der Waals surface area contributed by atoms with Gasteiger partial charge in [-0.1, -0.05) is 6.07 Å². The van der Waals surface area contributed by atoms with Gasteiger partial charge in [0.05, 0.1) is 0 Å². The van der Waals surface area contributed by atoms with E-state index >= 15 is 0 Å². The van der Waals surface area contributed by atoms with Crippen molar-refractivity contribution >= 4 is 11.8 Å². The SMILES string of the molecule is NC(CC1CCSCC1)c1ccc(F)c(F)c1F. The zero-order valence-electron chi connectivity index (χ0n) is 9.96. The molecule has 0 bridgehead atoms. The van der Waals surface area contributed by atoms with E-state index in [0.29, 0.717) is 12.3 Å². The predicted octanol–water partition coefficient (Wildman–Crippen LogP) is 3.64. The van der Waals surface area contributed by atoms with E-state index in [1.165, 1.54) is 6.07 Å². The molecule has 1 aromatic carbocycles. The van der Waals surface area contributed by atoms with Crippen LogP contribution in [0.5, 0.6) is 0 Å². The second kappa shape index (κ2) is 5.97. The van der Waals surface area contributed by atoms with Gasteiger partial charge in [-0.05, 0) is 42.8 Å². The van der Waals surface area contributed by atoms with Gasteiger partial charge in [-0.15, -0.1) is 0 Å². The topological polar surface area (TPSA) is 26.0 Å². The van der Waals surface area contributed by atoms with Crippen molar-refractivity contribution in [3.8, 4) is 0 Å². The number of rotatable bonds is 3. The normalized spacial score (nSPS) is 18.9. The van der Waals surface area contributed by atoms with Crippen LogP contribution in [0.25, 0.3) is 0 Å². The van der Waals surface area contributed by atoms with Crippen LogP contribution >= 0.6 is 11.8 Å². The third kappa shape index (κ3) is 3.01. The number of nitrogens with two attached hydrogens (primary N) is 1. The summed E-state index contributed by atoms with van der Waals surface area (Å²) >= 11 is 1.90. The third-order valence-corrected chi connectivity index (χ3v) is 4.44. The molecule has 2 N–H and O–H groups in total. The summed E-state index contributed by atoms with van der Waals surface area (Å²) in [5, 5.41) is 0. The van der Waals surface area contributed by atoms with E-state index in [0.717, 1.165) is 30.4 Å². The zero-order chi connectivity index (χ0) is 13.1. The lowest BCUT2D eigenvalue weighted by atomic mass is 9.91. The monoisotopic (exact) mass is 275 g/mol. The van der Waals surface area contributed by atoms with Gasteiger partial charge in [0.25, 0.3) is 0 Å². The summed E-state index contributed by atoms with van der Waals surface area (Å²) in [6, 6.07) is 1.62. The Morgan fingerprint density at radius 1 is 1.17 bits per heavy atom. The first-order valence-corrected chi connectivity index (χ1v) is 7.21. The maximum atomic E-state index is 13.6. The molecule has 1 fully saturated rings. The molecule has 1 heterocycles. The third-order valence-electron chi connectivity index (χ3n) is 3.39. The van der Waals surface area contributed by atoms with Crippen molar-refractivity contribution in [1.82, 2.24) is 0 Å². The lowest BCUT2D eigenvalue weighted by molar-refractivity contribution is 0.392. The summed E-state index contributed by atoms with van der Waals surface area (Å²) in [4.78, 5) is 0. The number of thioether (sulfide) groups is 1. The Bertz CT molecular complexity index is 419. The highest BCUT2D eigenvalue weighted by atomic mass is 32.2. The van der Waals surface area contributed by atoms with Crippen LogP contribution in [0.3, 0.4) is 0 Å². The molecule has 0 spiro atoms. The van der Waals surface area contributed by atoms with E-state index < -0.39 is 23.5 Å². The molecule has 0 saturated carbocycles. The Kier molecular flexibility index (Phi) is 4.56. The first-order valence-electron chi connectivity index (χ1n) is 6.06. The van der Waals surface area contributed by atoms with Gasteiger partial charge in [-0.2, -0.15) is 11.8 Å². The number of hydrogen-bond acceptors (Lipinski definition) is 2. The molecule has 0 amide bonds. The highest BCUT2D eigenvalue weighted by Gasteiger charge is 2.22. The van der Waals surface area contributed by atoms with Crippen molar-refractivity contribution in [3.05, 3.63) is 35.1 Å². The molecule has 1 aromatic rings. The van der Waals surface area contributed by atoms with Gasteiger partial charge in [-0.3, -0.25) is 0 Å². The number of benzene rings is 1. The van der Waals surface area contributed by atoms with Gasteiger partial charge in [0.15, 0.2) is 17.5 Å². The van der Waals surface area contributed by atoms with Crippen molar-refractivity contribution in [3.63, 3.8) is 0 Å². The second-order valence-electron chi connectivity index (χ2n) is 4.66. The first kappa shape index (κ1) is 13.7. The first-order chi connectivity index (χ1) is 8.59.